The minimum absolute atomic E-state index is 0.0121. The van der Waals surface area contributed by atoms with E-state index >= 15 is 0 Å². The second kappa shape index (κ2) is 6.78. The summed E-state index contributed by atoms with van der Waals surface area (Å²) < 4.78 is 31.8. The van der Waals surface area contributed by atoms with Gasteiger partial charge in [0.05, 0.1) is 11.0 Å². The molecule has 2 bridgehead atoms. The highest BCUT2D eigenvalue weighted by Crippen LogP contribution is 2.78. The van der Waals surface area contributed by atoms with Crippen LogP contribution in [0, 0.1) is 30.6 Å². The van der Waals surface area contributed by atoms with Crippen LogP contribution in [0.1, 0.15) is 29.5 Å². The maximum absolute atomic E-state index is 13.0. The molecule has 4 heteroatoms. The Balaban J connectivity index is 1.34. The Bertz CT molecular complexity index is 1160. The molecule has 31 heavy (non-hydrogen) atoms. The molecule has 3 aromatic carbocycles. The Morgan fingerprint density at radius 1 is 0.774 bits per heavy atom. The molecule has 3 aliphatic rings. The van der Waals surface area contributed by atoms with Crippen LogP contribution < -0.4 is 0 Å². The van der Waals surface area contributed by atoms with E-state index in [4.69, 9.17) is 4.18 Å². The number of hydrogen-bond acceptors (Lipinski definition) is 3. The quantitative estimate of drug-likeness (QED) is 0.513. The van der Waals surface area contributed by atoms with Crippen LogP contribution in [-0.2, 0) is 19.7 Å². The van der Waals surface area contributed by atoms with Crippen LogP contribution in [0.25, 0.3) is 0 Å². The first kappa shape index (κ1) is 19.3. The predicted molar refractivity (Wildman–Crippen MR) is 120 cm³/mol. The van der Waals surface area contributed by atoms with Crippen molar-refractivity contribution in [2.24, 2.45) is 23.7 Å². The van der Waals surface area contributed by atoms with Gasteiger partial charge in [0.2, 0.25) is 0 Å². The number of fused-ring (bicyclic) bond motifs is 5. The molecule has 0 spiro atoms. The van der Waals surface area contributed by atoms with E-state index in [1.807, 2.05) is 19.1 Å². The van der Waals surface area contributed by atoms with Crippen molar-refractivity contribution in [1.82, 2.24) is 0 Å². The van der Waals surface area contributed by atoms with Crippen molar-refractivity contribution in [3.63, 3.8) is 0 Å². The molecule has 158 valence electrons. The average Bonchev–Trinajstić information content (AvgIpc) is 3.15. The zero-order chi connectivity index (χ0) is 21.2. The summed E-state index contributed by atoms with van der Waals surface area (Å²) in [4.78, 5) is 0.255. The summed E-state index contributed by atoms with van der Waals surface area (Å²) in [6, 6.07) is 28.5. The summed E-state index contributed by atoms with van der Waals surface area (Å²) in [6.45, 7) is 1.95. The minimum Gasteiger partial charge on any atom is -0.263 e. The summed E-state index contributed by atoms with van der Waals surface area (Å²) in [5.41, 5.74) is 3.73. The van der Waals surface area contributed by atoms with Gasteiger partial charge >= 0.3 is 0 Å². The summed E-state index contributed by atoms with van der Waals surface area (Å²) in [6.07, 6.45) is 1.68. The summed E-state index contributed by atoms with van der Waals surface area (Å²) >= 11 is 0. The van der Waals surface area contributed by atoms with Gasteiger partial charge in [-0.1, -0.05) is 78.4 Å². The minimum atomic E-state index is -3.75. The first-order valence-corrected chi connectivity index (χ1v) is 12.5. The van der Waals surface area contributed by atoms with Crippen LogP contribution in [0.2, 0.25) is 0 Å². The molecule has 6 rings (SSSR count). The van der Waals surface area contributed by atoms with Crippen LogP contribution in [0.3, 0.4) is 0 Å². The number of benzene rings is 3. The molecule has 0 amide bonds. The summed E-state index contributed by atoms with van der Waals surface area (Å²) in [7, 11) is -3.75. The van der Waals surface area contributed by atoms with Gasteiger partial charge in [-0.2, -0.15) is 8.42 Å². The topological polar surface area (TPSA) is 43.4 Å². The lowest BCUT2D eigenvalue weighted by Crippen LogP contribution is -2.27. The van der Waals surface area contributed by atoms with Gasteiger partial charge in [0.1, 0.15) is 0 Å². The second-order valence-corrected chi connectivity index (χ2v) is 11.0. The highest BCUT2D eigenvalue weighted by atomic mass is 32.2. The van der Waals surface area contributed by atoms with E-state index in [-0.39, 0.29) is 22.3 Å². The molecule has 3 aromatic rings. The molecular formula is C27H26O3S. The second-order valence-electron chi connectivity index (χ2n) is 9.45. The van der Waals surface area contributed by atoms with Crippen LogP contribution in [0.15, 0.2) is 89.8 Å². The molecule has 3 nitrogen and oxygen atoms in total. The molecule has 3 saturated carbocycles. The van der Waals surface area contributed by atoms with Crippen molar-refractivity contribution in [3.8, 4) is 0 Å². The SMILES string of the molecule is Cc1ccc(S(=O)(=O)O[C@@H]2C[C@@H]3C[C@H]2[C@H]2[C@@H]3C2(c2ccccc2)c2ccccc2)cc1. The van der Waals surface area contributed by atoms with Crippen LogP contribution >= 0.6 is 0 Å². The number of hydrogen-bond donors (Lipinski definition) is 0. The highest BCUT2D eigenvalue weighted by molar-refractivity contribution is 7.86. The fraction of sp³-hybridized carbons (Fsp3) is 0.333. The fourth-order valence-corrected chi connectivity index (χ4v) is 7.98. The average molecular weight is 431 g/mol. The van der Waals surface area contributed by atoms with E-state index in [0.29, 0.717) is 17.8 Å². The van der Waals surface area contributed by atoms with Crippen molar-refractivity contribution >= 4 is 10.1 Å². The fourth-order valence-electron chi connectivity index (χ4n) is 6.85. The van der Waals surface area contributed by atoms with Crippen LogP contribution in [-0.4, -0.2) is 14.5 Å². The molecule has 3 fully saturated rings. The molecule has 5 atom stereocenters. The predicted octanol–water partition coefficient (Wildman–Crippen LogP) is 5.34. The molecule has 0 radical (unpaired) electrons. The smallest absolute Gasteiger partial charge is 0.263 e. The summed E-state index contributed by atoms with van der Waals surface area (Å²) in [5.74, 6) is 1.79. The van der Waals surface area contributed by atoms with Crippen molar-refractivity contribution < 1.29 is 12.6 Å². The van der Waals surface area contributed by atoms with Gasteiger partial charge in [-0.25, -0.2) is 0 Å². The van der Waals surface area contributed by atoms with E-state index in [2.05, 4.69) is 60.7 Å². The highest BCUT2D eigenvalue weighted by Gasteiger charge is 2.77. The first-order chi connectivity index (χ1) is 15.0. The summed E-state index contributed by atoms with van der Waals surface area (Å²) in [5, 5.41) is 0. The molecule has 0 saturated heterocycles. The maximum atomic E-state index is 13.0. The number of aryl methyl sites for hydroxylation is 1. The van der Waals surface area contributed by atoms with E-state index in [0.717, 1.165) is 18.4 Å². The lowest BCUT2D eigenvalue weighted by Gasteiger charge is -2.26. The van der Waals surface area contributed by atoms with Gasteiger partial charge in [-0.05, 0) is 66.7 Å². The van der Waals surface area contributed by atoms with Gasteiger partial charge in [-0.3, -0.25) is 4.18 Å². The Labute approximate surface area is 184 Å². The zero-order valence-corrected chi connectivity index (χ0v) is 18.3. The van der Waals surface area contributed by atoms with Gasteiger partial charge in [0.15, 0.2) is 0 Å². The van der Waals surface area contributed by atoms with Gasteiger partial charge < -0.3 is 0 Å². The first-order valence-electron chi connectivity index (χ1n) is 11.1. The number of rotatable bonds is 5. The zero-order valence-electron chi connectivity index (χ0n) is 17.5. The van der Waals surface area contributed by atoms with Crippen molar-refractivity contribution in [2.75, 3.05) is 0 Å². The molecule has 3 aliphatic carbocycles. The third kappa shape index (κ3) is 2.78. The van der Waals surface area contributed by atoms with E-state index in [1.165, 1.54) is 11.1 Å². The van der Waals surface area contributed by atoms with Gasteiger partial charge in [-0.15, -0.1) is 0 Å². The van der Waals surface area contributed by atoms with E-state index in [9.17, 15) is 8.42 Å². The molecule has 0 N–H and O–H groups in total. The van der Waals surface area contributed by atoms with Crippen molar-refractivity contribution in [1.29, 1.82) is 0 Å². The van der Waals surface area contributed by atoms with Crippen LogP contribution in [0.4, 0.5) is 0 Å². The standard InChI is InChI=1S/C27H26O3S/c1-18-12-14-22(15-13-18)31(28,29)30-24-17-19-16-23(24)26-25(19)27(26,20-8-4-2-5-9-20)21-10-6-3-7-11-21/h2-15,19,23-26H,16-17H2,1H3/t19-,23+,24+,25+,26-/m0/s1. The lowest BCUT2D eigenvalue weighted by atomic mass is 9.78. The molecule has 0 aromatic heterocycles. The van der Waals surface area contributed by atoms with E-state index < -0.39 is 10.1 Å². The third-order valence-electron chi connectivity index (χ3n) is 7.95. The largest absolute Gasteiger partial charge is 0.297 e. The van der Waals surface area contributed by atoms with E-state index in [1.54, 1.807) is 12.1 Å². The van der Waals surface area contributed by atoms with Crippen LogP contribution in [0.5, 0.6) is 0 Å². The molecule has 0 aliphatic heterocycles. The van der Waals surface area contributed by atoms with Crippen molar-refractivity contribution in [3.05, 3.63) is 102 Å². The maximum Gasteiger partial charge on any atom is 0.297 e. The normalized spacial score (nSPS) is 30.2. The van der Waals surface area contributed by atoms with Crippen molar-refractivity contribution in [2.45, 2.75) is 36.2 Å². The Morgan fingerprint density at radius 2 is 1.35 bits per heavy atom. The Hall–Kier alpha value is -2.43. The molecular weight excluding hydrogens is 404 g/mol. The third-order valence-corrected chi connectivity index (χ3v) is 9.30. The molecule has 0 heterocycles. The Kier molecular flexibility index (Phi) is 4.22. The molecule has 0 unspecified atom stereocenters. The lowest BCUT2D eigenvalue weighted by molar-refractivity contribution is 0.137. The van der Waals surface area contributed by atoms with Gasteiger partial charge in [0, 0.05) is 5.41 Å². The Morgan fingerprint density at radius 3 is 1.94 bits per heavy atom. The van der Waals surface area contributed by atoms with Gasteiger partial charge in [0.25, 0.3) is 10.1 Å². The monoisotopic (exact) mass is 430 g/mol.